The molecule has 2 atom stereocenters. The predicted molar refractivity (Wildman–Crippen MR) is 93.9 cm³/mol. The lowest BCUT2D eigenvalue weighted by atomic mass is 10.0. The highest BCUT2D eigenvalue weighted by Crippen LogP contribution is 2.34. The van der Waals surface area contributed by atoms with Crippen molar-refractivity contribution in [1.29, 1.82) is 0 Å². The van der Waals surface area contributed by atoms with Crippen LogP contribution in [0.4, 0.5) is 0 Å². The Labute approximate surface area is 133 Å². The van der Waals surface area contributed by atoms with Gasteiger partial charge in [0, 0.05) is 16.2 Å². The van der Waals surface area contributed by atoms with Crippen LogP contribution in [0.25, 0.3) is 0 Å². The van der Waals surface area contributed by atoms with Crippen molar-refractivity contribution in [1.82, 2.24) is 5.32 Å². The van der Waals surface area contributed by atoms with Crippen molar-refractivity contribution in [3.05, 3.63) is 66.2 Å². The predicted octanol–water partition coefficient (Wildman–Crippen LogP) is 5.30. The van der Waals surface area contributed by atoms with E-state index in [9.17, 15) is 0 Å². The maximum Gasteiger partial charge on any atom is 0.0444 e. The molecule has 0 heterocycles. The molecule has 0 radical (unpaired) electrons. The lowest BCUT2D eigenvalue weighted by molar-refractivity contribution is 0.505. The number of thioether (sulfide) groups is 1. The van der Waals surface area contributed by atoms with Gasteiger partial charge in [0.15, 0.2) is 0 Å². The normalized spacial score (nSPS) is 13.8. The van der Waals surface area contributed by atoms with Crippen molar-refractivity contribution in [2.45, 2.75) is 42.9 Å². The molecule has 0 spiro atoms. The molecule has 0 fully saturated rings. The van der Waals surface area contributed by atoms with Gasteiger partial charge in [-0.05, 0) is 37.1 Å². The second kappa shape index (κ2) is 8.91. The van der Waals surface area contributed by atoms with Crippen LogP contribution in [0.1, 0.15) is 38.3 Å². The Morgan fingerprint density at radius 3 is 2.10 bits per heavy atom. The number of benzene rings is 2. The largest absolute Gasteiger partial charge is 0.309 e. The lowest BCUT2D eigenvalue weighted by Gasteiger charge is -2.27. The molecular weight excluding hydrogens is 274 g/mol. The van der Waals surface area contributed by atoms with Gasteiger partial charge in [0.1, 0.15) is 0 Å². The summed E-state index contributed by atoms with van der Waals surface area (Å²) < 4.78 is 0. The summed E-state index contributed by atoms with van der Waals surface area (Å²) in [6, 6.07) is 22.0. The van der Waals surface area contributed by atoms with Gasteiger partial charge in [-0.3, -0.25) is 0 Å². The Balaban J connectivity index is 2.16. The smallest absolute Gasteiger partial charge is 0.0444 e. The first kappa shape index (κ1) is 16.1. The first-order valence-electron chi connectivity index (χ1n) is 7.85. The van der Waals surface area contributed by atoms with Crippen LogP contribution < -0.4 is 5.32 Å². The molecule has 0 aliphatic heterocycles. The third kappa shape index (κ3) is 4.90. The van der Waals surface area contributed by atoms with Gasteiger partial charge in [-0.15, -0.1) is 11.8 Å². The molecule has 21 heavy (non-hydrogen) atoms. The van der Waals surface area contributed by atoms with Crippen molar-refractivity contribution in [3.8, 4) is 0 Å². The first-order chi connectivity index (χ1) is 10.3. The van der Waals surface area contributed by atoms with Gasteiger partial charge in [0.25, 0.3) is 0 Å². The van der Waals surface area contributed by atoms with E-state index in [4.69, 9.17) is 0 Å². The van der Waals surface area contributed by atoms with E-state index in [1.165, 1.54) is 10.5 Å². The quantitative estimate of drug-likeness (QED) is 0.664. The van der Waals surface area contributed by atoms with Crippen LogP contribution in [0.2, 0.25) is 0 Å². The third-order valence-corrected chi connectivity index (χ3v) is 5.03. The van der Waals surface area contributed by atoms with Crippen molar-refractivity contribution in [2.75, 3.05) is 6.54 Å². The van der Waals surface area contributed by atoms with E-state index >= 15 is 0 Å². The number of rotatable bonds is 8. The summed E-state index contributed by atoms with van der Waals surface area (Å²) in [6.45, 7) is 5.57. The molecule has 0 bridgehead atoms. The number of hydrogen-bond donors (Lipinski definition) is 1. The Bertz CT molecular complexity index is 497. The fourth-order valence-corrected chi connectivity index (χ4v) is 3.71. The van der Waals surface area contributed by atoms with Gasteiger partial charge >= 0.3 is 0 Å². The molecule has 1 nitrogen and oxygen atoms in total. The van der Waals surface area contributed by atoms with Crippen LogP contribution in [0.5, 0.6) is 0 Å². The molecule has 112 valence electrons. The monoisotopic (exact) mass is 299 g/mol. The molecule has 0 saturated carbocycles. The average Bonchev–Trinajstić information content (AvgIpc) is 2.56. The maximum atomic E-state index is 3.74. The second-order valence-electron chi connectivity index (χ2n) is 5.22. The molecule has 2 aromatic carbocycles. The molecule has 0 amide bonds. The molecule has 2 unspecified atom stereocenters. The Hall–Kier alpha value is -1.25. The van der Waals surface area contributed by atoms with Crippen molar-refractivity contribution >= 4 is 11.8 Å². The number of hydrogen-bond acceptors (Lipinski definition) is 2. The van der Waals surface area contributed by atoms with Crippen LogP contribution in [0, 0.1) is 0 Å². The SMILES string of the molecule is CCCNC(c1ccccc1)C(CC)Sc1ccccc1. The first-order valence-corrected chi connectivity index (χ1v) is 8.73. The van der Waals surface area contributed by atoms with Crippen molar-refractivity contribution in [2.24, 2.45) is 0 Å². The third-order valence-electron chi connectivity index (χ3n) is 3.58. The van der Waals surface area contributed by atoms with Gasteiger partial charge < -0.3 is 5.32 Å². The highest BCUT2D eigenvalue weighted by molar-refractivity contribution is 8.00. The van der Waals surface area contributed by atoms with Crippen LogP contribution in [-0.4, -0.2) is 11.8 Å². The molecule has 0 saturated heterocycles. The Morgan fingerprint density at radius 2 is 1.52 bits per heavy atom. The Kier molecular flexibility index (Phi) is 6.84. The molecule has 0 aromatic heterocycles. The van der Waals surface area contributed by atoms with Crippen molar-refractivity contribution in [3.63, 3.8) is 0 Å². The molecule has 1 N–H and O–H groups in total. The summed E-state index contributed by atoms with van der Waals surface area (Å²) >= 11 is 1.98. The van der Waals surface area contributed by atoms with Crippen LogP contribution in [0.3, 0.4) is 0 Å². The van der Waals surface area contributed by atoms with E-state index in [2.05, 4.69) is 79.8 Å². The molecule has 0 aliphatic rings. The summed E-state index contributed by atoms with van der Waals surface area (Å²) in [7, 11) is 0. The van der Waals surface area contributed by atoms with E-state index < -0.39 is 0 Å². The highest BCUT2D eigenvalue weighted by Gasteiger charge is 2.22. The summed E-state index contributed by atoms with van der Waals surface area (Å²) in [6.07, 6.45) is 2.31. The standard InChI is InChI=1S/C19H25NS/c1-3-15-20-19(16-11-7-5-8-12-16)18(4-2)21-17-13-9-6-10-14-17/h5-14,18-20H,3-4,15H2,1-2H3. The highest BCUT2D eigenvalue weighted by atomic mass is 32.2. The lowest BCUT2D eigenvalue weighted by Crippen LogP contribution is -2.30. The van der Waals surface area contributed by atoms with E-state index in [0.717, 1.165) is 19.4 Å². The summed E-state index contributed by atoms with van der Waals surface area (Å²) in [5, 5.41) is 4.28. The topological polar surface area (TPSA) is 12.0 Å². The molecule has 2 heteroatoms. The molecule has 2 rings (SSSR count). The van der Waals surface area contributed by atoms with Crippen LogP contribution in [-0.2, 0) is 0 Å². The van der Waals surface area contributed by atoms with E-state index in [0.29, 0.717) is 11.3 Å². The zero-order chi connectivity index (χ0) is 14.9. The molecule has 0 aliphatic carbocycles. The van der Waals surface area contributed by atoms with Gasteiger partial charge in [0.05, 0.1) is 0 Å². The average molecular weight is 299 g/mol. The van der Waals surface area contributed by atoms with Crippen LogP contribution >= 0.6 is 11.8 Å². The zero-order valence-electron chi connectivity index (χ0n) is 13.0. The van der Waals surface area contributed by atoms with Gasteiger partial charge in [-0.2, -0.15) is 0 Å². The minimum absolute atomic E-state index is 0.404. The van der Waals surface area contributed by atoms with Crippen molar-refractivity contribution < 1.29 is 0 Å². The fraction of sp³-hybridized carbons (Fsp3) is 0.368. The van der Waals surface area contributed by atoms with E-state index in [1.54, 1.807) is 0 Å². The van der Waals surface area contributed by atoms with Gasteiger partial charge in [-0.1, -0.05) is 62.4 Å². The minimum Gasteiger partial charge on any atom is -0.309 e. The second-order valence-corrected chi connectivity index (χ2v) is 6.53. The Morgan fingerprint density at radius 1 is 0.905 bits per heavy atom. The van der Waals surface area contributed by atoms with Gasteiger partial charge in [-0.25, -0.2) is 0 Å². The minimum atomic E-state index is 0.404. The molecule has 2 aromatic rings. The van der Waals surface area contributed by atoms with E-state index in [-0.39, 0.29) is 0 Å². The summed E-state index contributed by atoms with van der Waals surface area (Å²) in [4.78, 5) is 1.35. The summed E-state index contributed by atoms with van der Waals surface area (Å²) in [5.41, 5.74) is 1.39. The molecular formula is C19H25NS. The fourth-order valence-electron chi connectivity index (χ4n) is 2.49. The number of nitrogens with one attached hydrogen (secondary N) is 1. The van der Waals surface area contributed by atoms with Gasteiger partial charge in [0.2, 0.25) is 0 Å². The summed E-state index contributed by atoms with van der Waals surface area (Å²) in [5.74, 6) is 0. The van der Waals surface area contributed by atoms with Crippen LogP contribution in [0.15, 0.2) is 65.6 Å². The maximum absolute atomic E-state index is 3.74. The van der Waals surface area contributed by atoms with E-state index in [1.807, 2.05) is 11.8 Å². The zero-order valence-corrected chi connectivity index (χ0v) is 13.8.